The van der Waals surface area contributed by atoms with Gasteiger partial charge in [-0.1, -0.05) is 12.1 Å². The van der Waals surface area contributed by atoms with E-state index in [0.29, 0.717) is 17.0 Å². The van der Waals surface area contributed by atoms with Gasteiger partial charge in [0.1, 0.15) is 5.69 Å². The number of nitrogens with zero attached hydrogens (tertiary/aromatic N) is 2. The predicted octanol–water partition coefficient (Wildman–Crippen LogP) is 3.72. The van der Waals surface area contributed by atoms with E-state index in [1.807, 2.05) is 13.8 Å². The SMILES string of the molecule is Cc1c(O)c(-c2cccc(S(=O)(=O)C(C)(C)C)c2)nn1C(C)C. The van der Waals surface area contributed by atoms with Crippen molar-refractivity contribution in [2.45, 2.75) is 57.2 Å². The first kappa shape index (κ1) is 17.5. The molecule has 1 aromatic carbocycles. The highest BCUT2D eigenvalue weighted by molar-refractivity contribution is 7.92. The molecule has 0 atom stereocenters. The topological polar surface area (TPSA) is 72.2 Å². The van der Waals surface area contributed by atoms with Gasteiger partial charge in [0.15, 0.2) is 15.6 Å². The third kappa shape index (κ3) is 3.00. The number of benzene rings is 1. The first-order chi connectivity index (χ1) is 10.5. The van der Waals surface area contributed by atoms with Crippen LogP contribution in [0, 0.1) is 6.92 Å². The summed E-state index contributed by atoms with van der Waals surface area (Å²) in [5.41, 5.74) is 1.66. The van der Waals surface area contributed by atoms with Gasteiger partial charge in [0.25, 0.3) is 0 Å². The lowest BCUT2D eigenvalue weighted by molar-refractivity contribution is 0.461. The molecule has 0 aliphatic carbocycles. The Morgan fingerprint density at radius 1 is 1.22 bits per heavy atom. The van der Waals surface area contributed by atoms with E-state index >= 15 is 0 Å². The molecule has 2 aromatic rings. The Morgan fingerprint density at radius 2 is 1.83 bits per heavy atom. The van der Waals surface area contributed by atoms with E-state index in [-0.39, 0.29) is 16.7 Å². The van der Waals surface area contributed by atoms with Crippen molar-refractivity contribution in [2.75, 3.05) is 0 Å². The molecule has 0 amide bonds. The second-order valence-electron chi connectivity index (χ2n) is 6.96. The zero-order valence-corrected chi connectivity index (χ0v) is 15.3. The van der Waals surface area contributed by atoms with Gasteiger partial charge < -0.3 is 5.11 Å². The molecule has 23 heavy (non-hydrogen) atoms. The van der Waals surface area contributed by atoms with Crippen molar-refractivity contribution in [1.29, 1.82) is 0 Å². The zero-order chi connectivity index (χ0) is 17.6. The highest BCUT2D eigenvalue weighted by Gasteiger charge is 2.31. The first-order valence-electron chi connectivity index (χ1n) is 7.60. The van der Waals surface area contributed by atoms with Gasteiger partial charge in [0.2, 0.25) is 0 Å². The number of hydrogen-bond donors (Lipinski definition) is 1. The number of sulfone groups is 1. The highest BCUT2D eigenvalue weighted by atomic mass is 32.2. The van der Waals surface area contributed by atoms with Crippen LogP contribution in [0.25, 0.3) is 11.3 Å². The van der Waals surface area contributed by atoms with Gasteiger partial charge in [-0.05, 0) is 53.7 Å². The first-order valence-corrected chi connectivity index (χ1v) is 9.08. The molecular weight excluding hydrogens is 312 g/mol. The lowest BCUT2D eigenvalue weighted by Gasteiger charge is -2.19. The van der Waals surface area contributed by atoms with Crippen molar-refractivity contribution in [3.8, 4) is 17.0 Å². The van der Waals surface area contributed by atoms with E-state index in [0.717, 1.165) is 0 Å². The van der Waals surface area contributed by atoms with Gasteiger partial charge in [0, 0.05) is 11.6 Å². The lowest BCUT2D eigenvalue weighted by Crippen LogP contribution is -2.27. The molecule has 0 aliphatic rings. The maximum absolute atomic E-state index is 12.6. The number of aromatic hydroxyl groups is 1. The molecule has 0 saturated carbocycles. The van der Waals surface area contributed by atoms with Crippen molar-refractivity contribution in [3.05, 3.63) is 30.0 Å². The summed E-state index contributed by atoms with van der Waals surface area (Å²) in [6.07, 6.45) is 0. The third-order valence-electron chi connectivity index (χ3n) is 3.83. The molecule has 0 spiro atoms. The summed E-state index contributed by atoms with van der Waals surface area (Å²) in [4.78, 5) is 0.235. The molecule has 6 heteroatoms. The van der Waals surface area contributed by atoms with Crippen molar-refractivity contribution in [2.24, 2.45) is 0 Å². The van der Waals surface area contributed by atoms with Crippen LogP contribution in [0.5, 0.6) is 5.75 Å². The molecule has 0 bridgehead atoms. The molecule has 1 aromatic heterocycles. The molecule has 1 heterocycles. The Kier molecular flexibility index (Phi) is 4.32. The Bertz CT molecular complexity index is 828. The molecule has 2 rings (SSSR count). The van der Waals surface area contributed by atoms with Crippen molar-refractivity contribution < 1.29 is 13.5 Å². The Hall–Kier alpha value is -1.82. The van der Waals surface area contributed by atoms with E-state index in [1.54, 1.807) is 56.6 Å². The number of aromatic nitrogens is 2. The van der Waals surface area contributed by atoms with E-state index in [4.69, 9.17) is 0 Å². The Labute approximate surface area is 137 Å². The van der Waals surface area contributed by atoms with E-state index in [1.165, 1.54) is 0 Å². The van der Waals surface area contributed by atoms with Gasteiger partial charge in [0.05, 0.1) is 15.3 Å². The monoisotopic (exact) mass is 336 g/mol. The van der Waals surface area contributed by atoms with Crippen LogP contribution in [0.15, 0.2) is 29.2 Å². The van der Waals surface area contributed by atoms with Crippen LogP contribution in [-0.4, -0.2) is 28.1 Å². The largest absolute Gasteiger partial charge is 0.504 e. The van der Waals surface area contributed by atoms with Gasteiger partial charge >= 0.3 is 0 Å². The molecule has 0 saturated heterocycles. The summed E-state index contributed by atoms with van der Waals surface area (Å²) in [6.45, 7) is 10.8. The maximum atomic E-state index is 12.6. The fourth-order valence-electron chi connectivity index (χ4n) is 2.37. The van der Waals surface area contributed by atoms with Crippen LogP contribution < -0.4 is 0 Å². The summed E-state index contributed by atoms with van der Waals surface area (Å²) in [5, 5.41) is 14.8. The van der Waals surface area contributed by atoms with Gasteiger partial charge in [-0.15, -0.1) is 0 Å². The summed E-state index contributed by atoms with van der Waals surface area (Å²) < 4.78 is 26.1. The normalized spacial score (nSPS) is 12.8. The van der Waals surface area contributed by atoms with Crippen LogP contribution in [0.2, 0.25) is 0 Å². The summed E-state index contributed by atoms with van der Waals surface area (Å²) in [7, 11) is -3.46. The molecule has 0 radical (unpaired) electrons. The second kappa shape index (κ2) is 5.67. The minimum Gasteiger partial charge on any atom is -0.504 e. The highest BCUT2D eigenvalue weighted by Crippen LogP contribution is 2.34. The fourth-order valence-corrected chi connectivity index (χ4v) is 3.62. The summed E-state index contributed by atoms with van der Waals surface area (Å²) in [5.74, 6) is 0.0870. The molecule has 0 aliphatic heterocycles. The van der Waals surface area contributed by atoms with Gasteiger partial charge in [-0.3, -0.25) is 4.68 Å². The minimum atomic E-state index is -3.46. The Balaban J connectivity index is 2.61. The average Bonchev–Trinajstić information content (AvgIpc) is 2.74. The quantitative estimate of drug-likeness (QED) is 0.927. The molecule has 126 valence electrons. The van der Waals surface area contributed by atoms with E-state index in [9.17, 15) is 13.5 Å². The maximum Gasteiger partial charge on any atom is 0.183 e. The molecular formula is C17H24N2O3S. The van der Waals surface area contributed by atoms with Crippen LogP contribution in [0.1, 0.15) is 46.4 Å². The standard InChI is InChI=1S/C17H24N2O3S/c1-11(2)19-12(3)16(20)15(18-19)13-8-7-9-14(10-13)23(21,22)17(4,5)6/h7-11,20H,1-6H3. The molecule has 1 N–H and O–H groups in total. The van der Waals surface area contributed by atoms with Crippen molar-refractivity contribution in [1.82, 2.24) is 9.78 Å². The second-order valence-corrected chi connectivity index (χ2v) is 9.67. The van der Waals surface area contributed by atoms with Crippen LogP contribution in [0.4, 0.5) is 0 Å². The van der Waals surface area contributed by atoms with Gasteiger partial charge in [-0.2, -0.15) is 5.10 Å². The smallest absolute Gasteiger partial charge is 0.183 e. The van der Waals surface area contributed by atoms with Crippen LogP contribution >= 0.6 is 0 Å². The number of hydrogen-bond acceptors (Lipinski definition) is 4. The summed E-state index contributed by atoms with van der Waals surface area (Å²) >= 11 is 0. The lowest BCUT2D eigenvalue weighted by atomic mass is 10.1. The average molecular weight is 336 g/mol. The van der Waals surface area contributed by atoms with Crippen LogP contribution in [0.3, 0.4) is 0 Å². The summed E-state index contributed by atoms with van der Waals surface area (Å²) in [6, 6.07) is 6.70. The van der Waals surface area contributed by atoms with Crippen LogP contribution in [-0.2, 0) is 9.84 Å². The van der Waals surface area contributed by atoms with Crippen molar-refractivity contribution in [3.63, 3.8) is 0 Å². The van der Waals surface area contributed by atoms with Crippen molar-refractivity contribution >= 4 is 9.84 Å². The minimum absolute atomic E-state index is 0.0870. The Morgan fingerprint density at radius 3 is 2.30 bits per heavy atom. The van der Waals surface area contributed by atoms with E-state index in [2.05, 4.69) is 5.10 Å². The molecule has 0 fully saturated rings. The van der Waals surface area contributed by atoms with E-state index < -0.39 is 14.6 Å². The molecule has 5 nitrogen and oxygen atoms in total. The zero-order valence-electron chi connectivity index (χ0n) is 14.5. The third-order valence-corrected chi connectivity index (χ3v) is 6.32. The van der Waals surface area contributed by atoms with Gasteiger partial charge in [-0.25, -0.2) is 8.42 Å². The predicted molar refractivity (Wildman–Crippen MR) is 91.4 cm³/mol. The fraction of sp³-hybridized carbons (Fsp3) is 0.471. The number of rotatable bonds is 3. The molecule has 0 unspecified atom stereocenters.